The Morgan fingerprint density at radius 3 is 2.29 bits per heavy atom. The minimum atomic E-state index is 0.0554. The number of hydrogen-bond acceptors (Lipinski definition) is 4. The number of rotatable bonds is 2. The van der Waals surface area contributed by atoms with Crippen LogP contribution >= 0.6 is 0 Å². The van der Waals surface area contributed by atoms with Crippen LogP contribution in [0.15, 0.2) is 18.2 Å². The summed E-state index contributed by atoms with van der Waals surface area (Å²) >= 11 is 0. The molecule has 0 saturated carbocycles. The lowest BCUT2D eigenvalue weighted by Crippen LogP contribution is -2.42. The average molecular weight is 286 g/mol. The van der Waals surface area contributed by atoms with Gasteiger partial charge in [0.1, 0.15) is 7.85 Å². The van der Waals surface area contributed by atoms with Crippen LogP contribution in [0.2, 0.25) is 0 Å². The molecule has 1 aromatic rings. The van der Waals surface area contributed by atoms with E-state index in [1.807, 2.05) is 17.0 Å². The summed E-state index contributed by atoms with van der Waals surface area (Å²) in [7, 11) is 5.91. The number of morpholine rings is 2. The van der Waals surface area contributed by atoms with Crippen molar-refractivity contribution in [1.29, 1.82) is 0 Å². The van der Waals surface area contributed by atoms with Crippen molar-refractivity contribution in [3.63, 3.8) is 0 Å². The van der Waals surface area contributed by atoms with E-state index in [-0.39, 0.29) is 5.91 Å². The van der Waals surface area contributed by atoms with Gasteiger partial charge in [-0.15, -0.1) is 0 Å². The average Bonchev–Trinajstić information content (AvgIpc) is 2.56. The molecular weight excluding hydrogens is 267 g/mol. The zero-order valence-corrected chi connectivity index (χ0v) is 12.1. The van der Waals surface area contributed by atoms with Crippen molar-refractivity contribution < 1.29 is 14.3 Å². The molecule has 3 rings (SSSR count). The lowest BCUT2D eigenvalue weighted by Gasteiger charge is -2.33. The summed E-state index contributed by atoms with van der Waals surface area (Å²) in [5, 5.41) is 0. The summed E-state index contributed by atoms with van der Waals surface area (Å²) in [5.41, 5.74) is 2.30. The Kier molecular flexibility index (Phi) is 4.46. The molecule has 0 bridgehead atoms. The molecule has 0 N–H and O–H groups in total. The third-order valence-electron chi connectivity index (χ3n) is 3.90. The smallest absolute Gasteiger partial charge is 0.256 e. The number of anilines is 1. The van der Waals surface area contributed by atoms with Gasteiger partial charge in [-0.05, 0) is 12.1 Å². The van der Waals surface area contributed by atoms with Crippen molar-refractivity contribution in [2.75, 3.05) is 57.5 Å². The van der Waals surface area contributed by atoms with Gasteiger partial charge < -0.3 is 19.3 Å². The molecular formula is C15H19BN2O3. The van der Waals surface area contributed by atoms with E-state index in [1.54, 1.807) is 6.07 Å². The number of hydrogen-bond donors (Lipinski definition) is 0. The van der Waals surface area contributed by atoms with E-state index < -0.39 is 0 Å². The second-order valence-corrected chi connectivity index (χ2v) is 5.28. The molecule has 0 atom stereocenters. The maximum Gasteiger partial charge on any atom is 0.256 e. The lowest BCUT2D eigenvalue weighted by atomic mass is 9.93. The molecule has 2 fully saturated rings. The van der Waals surface area contributed by atoms with Crippen molar-refractivity contribution >= 4 is 24.9 Å². The minimum absolute atomic E-state index is 0.0554. The minimum Gasteiger partial charge on any atom is -0.378 e. The Balaban J connectivity index is 1.87. The second-order valence-electron chi connectivity index (χ2n) is 5.28. The highest BCUT2D eigenvalue weighted by atomic mass is 16.5. The maximum atomic E-state index is 12.7. The fraction of sp³-hybridized carbons (Fsp3) is 0.533. The number of benzene rings is 1. The standard InChI is InChI=1S/C15H19BN2O3/c16-12-1-2-13(15(19)18-5-9-21-10-6-18)14(11-12)17-3-7-20-8-4-17/h1-2,11H,3-10H2. The number of amides is 1. The van der Waals surface area contributed by atoms with E-state index in [2.05, 4.69) is 4.90 Å². The van der Waals surface area contributed by atoms with Gasteiger partial charge in [0, 0.05) is 31.9 Å². The van der Waals surface area contributed by atoms with Crippen LogP contribution in [0.25, 0.3) is 0 Å². The molecule has 0 aromatic heterocycles. The molecule has 5 nitrogen and oxygen atoms in total. The third kappa shape index (κ3) is 3.22. The predicted molar refractivity (Wildman–Crippen MR) is 81.6 cm³/mol. The van der Waals surface area contributed by atoms with Crippen LogP contribution in [-0.2, 0) is 9.47 Å². The first-order valence-corrected chi connectivity index (χ1v) is 7.35. The van der Waals surface area contributed by atoms with Crippen LogP contribution in [0, 0.1) is 0 Å². The van der Waals surface area contributed by atoms with Gasteiger partial charge in [0.25, 0.3) is 5.91 Å². The summed E-state index contributed by atoms with van der Waals surface area (Å²) in [5.74, 6) is 0.0554. The highest BCUT2D eigenvalue weighted by Gasteiger charge is 2.24. The largest absolute Gasteiger partial charge is 0.378 e. The monoisotopic (exact) mass is 286 g/mol. The van der Waals surface area contributed by atoms with Gasteiger partial charge in [-0.1, -0.05) is 11.5 Å². The molecule has 0 unspecified atom stereocenters. The van der Waals surface area contributed by atoms with Crippen LogP contribution in [0.3, 0.4) is 0 Å². The molecule has 2 saturated heterocycles. The van der Waals surface area contributed by atoms with Gasteiger partial charge in [-0.2, -0.15) is 0 Å². The fourth-order valence-corrected chi connectivity index (χ4v) is 2.73. The van der Waals surface area contributed by atoms with Crippen LogP contribution in [-0.4, -0.2) is 71.3 Å². The molecule has 2 aliphatic rings. The number of ether oxygens (including phenoxy) is 2. The van der Waals surface area contributed by atoms with Gasteiger partial charge in [0.05, 0.1) is 32.0 Å². The van der Waals surface area contributed by atoms with Gasteiger partial charge >= 0.3 is 0 Å². The summed E-state index contributed by atoms with van der Waals surface area (Å²) in [6.07, 6.45) is 0. The van der Waals surface area contributed by atoms with Crippen molar-refractivity contribution in [2.24, 2.45) is 0 Å². The number of carbonyl (C=O) groups excluding carboxylic acids is 1. The van der Waals surface area contributed by atoms with E-state index in [0.29, 0.717) is 50.5 Å². The van der Waals surface area contributed by atoms with Gasteiger partial charge in [-0.3, -0.25) is 4.79 Å². The van der Waals surface area contributed by atoms with Gasteiger partial charge in [-0.25, -0.2) is 0 Å². The topological polar surface area (TPSA) is 42.0 Å². The van der Waals surface area contributed by atoms with Crippen molar-refractivity contribution in [3.05, 3.63) is 23.8 Å². The van der Waals surface area contributed by atoms with Crippen LogP contribution < -0.4 is 10.4 Å². The van der Waals surface area contributed by atoms with Crippen molar-refractivity contribution in [1.82, 2.24) is 4.90 Å². The molecule has 2 heterocycles. The van der Waals surface area contributed by atoms with Crippen LogP contribution in [0.4, 0.5) is 5.69 Å². The molecule has 1 amide bonds. The van der Waals surface area contributed by atoms with Crippen molar-refractivity contribution in [2.45, 2.75) is 0 Å². The summed E-state index contributed by atoms with van der Waals surface area (Å²) in [6, 6.07) is 5.51. The van der Waals surface area contributed by atoms with E-state index in [0.717, 1.165) is 18.8 Å². The molecule has 0 spiro atoms. The predicted octanol–water partition coefficient (Wildman–Crippen LogP) is -0.211. The zero-order chi connectivity index (χ0) is 14.7. The number of carbonyl (C=O) groups is 1. The highest BCUT2D eigenvalue weighted by Crippen LogP contribution is 2.22. The maximum absolute atomic E-state index is 12.7. The Bertz CT molecular complexity index is 512. The Morgan fingerprint density at radius 2 is 1.62 bits per heavy atom. The fourth-order valence-electron chi connectivity index (χ4n) is 2.73. The van der Waals surface area contributed by atoms with Gasteiger partial charge in [0.15, 0.2) is 0 Å². The Labute approximate surface area is 126 Å². The van der Waals surface area contributed by atoms with Crippen LogP contribution in [0.5, 0.6) is 0 Å². The first-order chi connectivity index (χ1) is 10.3. The first kappa shape index (κ1) is 14.4. The Morgan fingerprint density at radius 1 is 1.00 bits per heavy atom. The molecule has 1 aromatic carbocycles. The van der Waals surface area contributed by atoms with E-state index >= 15 is 0 Å². The molecule has 2 radical (unpaired) electrons. The quantitative estimate of drug-likeness (QED) is 0.706. The van der Waals surface area contributed by atoms with Crippen LogP contribution in [0.1, 0.15) is 10.4 Å². The van der Waals surface area contributed by atoms with Gasteiger partial charge in [0.2, 0.25) is 0 Å². The van der Waals surface area contributed by atoms with Crippen molar-refractivity contribution in [3.8, 4) is 0 Å². The zero-order valence-electron chi connectivity index (χ0n) is 12.1. The summed E-state index contributed by atoms with van der Waals surface area (Å²) < 4.78 is 10.7. The SMILES string of the molecule is [B]c1ccc(C(=O)N2CCOCC2)c(N2CCOCC2)c1. The third-order valence-corrected chi connectivity index (χ3v) is 3.90. The second kappa shape index (κ2) is 6.49. The first-order valence-electron chi connectivity index (χ1n) is 7.35. The molecule has 6 heteroatoms. The van der Waals surface area contributed by atoms with E-state index in [1.165, 1.54) is 0 Å². The summed E-state index contributed by atoms with van der Waals surface area (Å²) in [4.78, 5) is 16.8. The number of nitrogens with zero attached hydrogens (tertiary/aromatic N) is 2. The normalized spacial score (nSPS) is 19.6. The summed E-state index contributed by atoms with van der Waals surface area (Å²) in [6.45, 7) is 5.43. The molecule has 21 heavy (non-hydrogen) atoms. The Hall–Kier alpha value is -1.53. The molecule has 110 valence electrons. The van der Waals surface area contributed by atoms with E-state index in [4.69, 9.17) is 17.3 Å². The lowest BCUT2D eigenvalue weighted by molar-refractivity contribution is 0.0303. The molecule has 0 aliphatic carbocycles. The van der Waals surface area contributed by atoms with E-state index in [9.17, 15) is 4.79 Å². The molecule has 2 aliphatic heterocycles. The highest BCUT2D eigenvalue weighted by molar-refractivity contribution is 6.32.